The van der Waals surface area contributed by atoms with Crippen LogP contribution in [-0.2, 0) is 12.8 Å². The average molecular weight is 352 g/mol. The van der Waals surface area contributed by atoms with E-state index in [9.17, 15) is 0 Å². The van der Waals surface area contributed by atoms with Crippen LogP contribution >= 0.6 is 11.8 Å². The largest absolute Gasteiger partial charge is 0.497 e. The molecule has 0 spiro atoms. The van der Waals surface area contributed by atoms with Crippen LogP contribution in [-0.4, -0.2) is 26.8 Å². The number of thioether (sulfide) groups is 1. The Bertz CT molecular complexity index is 1020. The molecule has 0 radical (unpaired) electrons. The number of fused-ring (bicyclic) bond motifs is 1. The van der Waals surface area contributed by atoms with Crippen molar-refractivity contribution in [1.29, 1.82) is 0 Å². The summed E-state index contributed by atoms with van der Waals surface area (Å²) in [6, 6.07) is 15.7. The zero-order chi connectivity index (χ0) is 17.2. The molecule has 2 heterocycles. The van der Waals surface area contributed by atoms with Crippen LogP contribution in [0.15, 0.2) is 58.2 Å². The van der Waals surface area contributed by atoms with Crippen LogP contribution in [0.1, 0.15) is 5.89 Å². The number of hydrogen-bond acceptors (Lipinski definition) is 6. The third-order valence-corrected chi connectivity index (χ3v) is 4.88. The SMILES string of the molecule is COc1cccc(-c2noc(CSc3nc4ccccc4n3C)n2)c1. The highest BCUT2D eigenvalue weighted by atomic mass is 32.2. The Morgan fingerprint density at radius 2 is 2.00 bits per heavy atom. The maximum atomic E-state index is 5.37. The zero-order valence-electron chi connectivity index (χ0n) is 13.8. The Kier molecular flexibility index (Phi) is 4.15. The lowest BCUT2D eigenvalue weighted by atomic mass is 10.2. The van der Waals surface area contributed by atoms with Crippen LogP contribution in [0.3, 0.4) is 0 Å². The van der Waals surface area contributed by atoms with Crippen molar-refractivity contribution in [2.75, 3.05) is 7.11 Å². The Hall–Kier alpha value is -2.80. The lowest BCUT2D eigenvalue weighted by Crippen LogP contribution is -1.91. The standard InChI is InChI=1S/C18H16N4O2S/c1-22-15-9-4-3-8-14(15)19-18(22)25-11-16-20-17(21-24-16)12-6-5-7-13(10-12)23-2/h3-10H,11H2,1-2H3. The first-order chi connectivity index (χ1) is 12.2. The number of rotatable bonds is 5. The number of nitrogens with zero attached hydrogens (tertiary/aromatic N) is 4. The molecule has 0 unspecified atom stereocenters. The normalized spacial score (nSPS) is 11.1. The molecule has 0 aliphatic rings. The number of benzene rings is 2. The van der Waals surface area contributed by atoms with Gasteiger partial charge in [-0.05, 0) is 24.3 Å². The van der Waals surface area contributed by atoms with E-state index in [4.69, 9.17) is 9.26 Å². The highest BCUT2D eigenvalue weighted by Crippen LogP contribution is 2.26. The van der Waals surface area contributed by atoms with Crippen LogP contribution in [0.25, 0.3) is 22.4 Å². The van der Waals surface area contributed by atoms with E-state index in [0.717, 1.165) is 27.5 Å². The quantitative estimate of drug-likeness (QED) is 0.507. The van der Waals surface area contributed by atoms with Crippen LogP contribution < -0.4 is 4.74 Å². The van der Waals surface area contributed by atoms with Crippen molar-refractivity contribution in [3.05, 3.63) is 54.4 Å². The predicted molar refractivity (Wildman–Crippen MR) is 96.6 cm³/mol. The van der Waals surface area contributed by atoms with Gasteiger partial charge < -0.3 is 13.8 Å². The van der Waals surface area contributed by atoms with Gasteiger partial charge in [0.1, 0.15) is 5.75 Å². The number of imidazole rings is 1. The molecule has 0 amide bonds. The minimum Gasteiger partial charge on any atom is -0.497 e. The molecule has 0 bridgehead atoms. The van der Waals surface area contributed by atoms with E-state index in [1.807, 2.05) is 49.5 Å². The molecule has 0 aliphatic heterocycles. The van der Waals surface area contributed by atoms with Gasteiger partial charge >= 0.3 is 0 Å². The smallest absolute Gasteiger partial charge is 0.237 e. The van der Waals surface area contributed by atoms with Gasteiger partial charge in [0, 0.05) is 12.6 Å². The fourth-order valence-corrected chi connectivity index (χ4v) is 3.40. The molecule has 126 valence electrons. The summed E-state index contributed by atoms with van der Waals surface area (Å²) in [5, 5.41) is 4.98. The molecule has 0 saturated heterocycles. The lowest BCUT2D eigenvalue weighted by Gasteiger charge is -2.00. The summed E-state index contributed by atoms with van der Waals surface area (Å²) in [7, 11) is 3.64. The van der Waals surface area contributed by atoms with E-state index in [2.05, 4.69) is 25.8 Å². The van der Waals surface area contributed by atoms with Gasteiger partial charge in [-0.3, -0.25) is 0 Å². The van der Waals surface area contributed by atoms with Crippen molar-refractivity contribution in [3.8, 4) is 17.1 Å². The molecule has 2 aromatic carbocycles. The maximum absolute atomic E-state index is 5.37. The molecular weight excluding hydrogens is 336 g/mol. The zero-order valence-corrected chi connectivity index (χ0v) is 14.7. The Morgan fingerprint density at radius 1 is 1.12 bits per heavy atom. The molecule has 7 heteroatoms. The second-order valence-corrected chi connectivity index (χ2v) is 6.42. The molecule has 0 atom stereocenters. The Morgan fingerprint density at radius 3 is 2.84 bits per heavy atom. The fourth-order valence-electron chi connectivity index (χ4n) is 2.57. The van der Waals surface area contributed by atoms with Gasteiger partial charge in [-0.2, -0.15) is 4.98 Å². The number of aromatic nitrogens is 4. The van der Waals surface area contributed by atoms with Crippen molar-refractivity contribution >= 4 is 22.8 Å². The summed E-state index contributed by atoms with van der Waals surface area (Å²) in [5.41, 5.74) is 2.95. The van der Waals surface area contributed by atoms with E-state index < -0.39 is 0 Å². The topological polar surface area (TPSA) is 66.0 Å². The van der Waals surface area contributed by atoms with Crippen molar-refractivity contribution in [1.82, 2.24) is 19.7 Å². The molecule has 0 saturated carbocycles. The van der Waals surface area contributed by atoms with Gasteiger partial charge in [0.05, 0.1) is 23.9 Å². The molecule has 2 aromatic heterocycles. The number of ether oxygens (including phenoxy) is 1. The summed E-state index contributed by atoms with van der Waals surface area (Å²) in [6.45, 7) is 0. The first-order valence-electron chi connectivity index (χ1n) is 7.76. The Balaban J connectivity index is 1.52. The summed E-state index contributed by atoms with van der Waals surface area (Å²) >= 11 is 1.57. The van der Waals surface area contributed by atoms with Gasteiger partial charge in [-0.1, -0.05) is 41.2 Å². The maximum Gasteiger partial charge on any atom is 0.237 e. The molecular formula is C18H16N4O2S. The molecule has 6 nitrogen and oxygen atoms in total. The second-order valence-electron chi connectivity index (χ2n) is 5.47. The van der Waals surface area contributed by atoms with Crippen molar-refractivity contribution < 1.29 is 9.26 Å². The number of para-hydroxylation sites is 2. The fraction of sp³-hybridized carbons (Fsp3) is 0.167. The minimum atomic E-state index is 0.555. The Labute approximate surface area is 148 Å². The van der Waals surface area contributed by atoms with Gasteiger partial charge in [0.15, 0.2) is 5.16 Å². The molecule has 25 heavy (non-hydrogen) atoms. The van der Waals surface area contributed by atoms with E-state index >= 15 is 0 Å². The molecule has 0 fully saturated rings. The van der Waals surface area contributed by atoms with Gasteiger partial charge in [0.2, 0.25) is 11.7 Å². The third kappa shape index (κ3) is 3.10. The first kappa shape index (κ1) is 15.7. The van der Waals surface area contributed by atoms with E-state index in [-0.39, 0.29) is 0 Å². The van der Waals surface area contributed by atoms with E-state index in [1.165, 1.54) is 0 Å². The van der Waals surface area contributed by atoms with E-state index in [0.29, 0.717) is 17.5 Å². The minimum absolute atomic E-state index is 0.555. The summed E-state index contributed by atoms with van der Waals surface area (Å²) in [6.07, 6.45) is 0. The lowest BCUT2D eigenvalue weighted by molar-refractivity contribution is 0.391. The van der Waals surface area contributed by atoms with Gasteiger partial charge in [-0.25, -0.2) is 4.98 Å². The first-order valence-corrected chi connectivity index (χ1v) is 8.74. The van der Waals surface area contributed by atoms with Gasteiger partial charge in [-0.15, -0.1) is 0 Å². The van der Waals surface area contributed by atoms with Crippen LogP contribution in [0, 0.1) is 0 Å². The summed E-state index contributed by atoms with van der Waals surface area (Å²) < 4.78 is 12.7. The van der Waals surface area contributed by atoms with Crippen molar-refractivity contribution in [2.24, 2.45) is 7.05 Å². The van der Waals surface area contributed by atoms with Crippen molar-refractivity contribution in [2.45, 2.75) is 10.9 Å². The summed E-state index contributed by atoms with van der Waals surface area (Å²) in [4.78, 5) is 9.10. The number of methoxy groups -OCH3 is 1. The summed E-state index contributed by atoms with van der Waals surface area (Å²) in [5.74, 6) is 2.45. The van der Waals surface area contributed by atoms with Crippen LogP contribution in [0.5, 0.6) is 5.75 Å². The van der Waals surface area contributed by atoms with Crippen LogP contribution in [0.2, 0.25) is 0 Å². The molecule has 0 N–H and O–H groups in total. The molecule has 4 aromatic rings. The molecule has 4 rings (SSSR count). The van der Waals surface area contributed by atoms with Crippen LogP contribution in [0.4, 0.5) is 0 Å². The van der Waals surface area contributed by atoms with Crippen molar-refractivity contribution in [3.63, 3.8) is 0 Å². The molecule has 0 aliphatic carbocycles. The second kappa shape index (κ2) is 6.60. The predicted octanol–water partition coefficient (Wildman–Crippen LogP) is 3.92. The monoisotopic (exact) mass is 352 g/mol. The third-order valence-electron chi connectivity index (χ3n) is 3.87. The van der Waals surface area contributed by atoms with E-state index in [1.54, 1.807) is 18.9 Å². The number of hydrogen-bond donors (Lipinski definition) is 0. The average Bonchev–Trinajstić information content (AvgIpc) is 3.25. The highest BCUT2D eigenvalue weighted by molar-refractivity contribution is 7.98. The van der Waals surface area contributed by atoms with Gasteiger partial charge in [0.25, 0.3) is 0 Å². The number of aryl methyl sites for hydroxylation is 1. The highest BCUT2D eigenvalue weighted by Gasteiger charge is 2.12.